The molecule has 0 saturated heterocycles. The van der Waals surface area contributed by atoms with Crippen LogP contribution in [0.2, 0.25) is 0 Å². The Morgan fingerprint density at radius 2 is 2.15 bits per heavy atom. The van der Waals surface area contributed by atoms with E-state index in [2.05, 4.69) is 15.0 Å². The second-order valence-electron chi connectivity index (χ2n) is 4.35. The highest BCUT2D eigenvalue weighted by molar-refractivity contribution is 7.14. The number of carbonyl (C=O) groups excluding carboxylic acids is 1. The van der Waals surface area contributed by atoms with Crippen molar-refractivity contribution >= 4 is 22.4 Å². The third-order valence-corrected chi connectivity index (χ3v) is 3.61. The third-order valence-electron chi connectivity index (χ3n) is 2.81. The van der Waals surface area contributed by atoms with Crippen molar-refractivity contribution in [3.05, 3.63) is 35.5 Å². The molecule has 2 aromatic rings. The van der Waals surface area contributed by atoms with E-state index in [-0.39, 0.29) is 17.7 Å². The van der Waals surface area contributed by atoms with Crippen molar-refractivity contribution < 1.29 is 13.9 Å². The first-order chi connectivity index (χ1) is 9.60. The van der Waals surface area contributed by atoms with Gasteiger partial charge in [-0.3, -0.25) is 4.79 Å². The molecule has 0 aliphatic heterocycles. The summed E-state index contributed by atoms with van der Waals surface area (Å²) in [5, 5.41) is 5.70. The van der Waals surface area contributed by atoms with E-state index in [4.69, 9.17) is 0 Å². The summed E-state index contributed by atoms with van der Waals surface area (Å²) >= 11 is 1.44. The van der Waals surface area contributed by atoms with Crippen molar-refractivity contribution in [3.63, 3.8) is 0 Å². The van der Waals surface area contributed by atoms with Gasteiger partial charge in [0, 0.05) is 17.5 Å². The molecule has 0 spiro atoms. The van der Waals surface area contributed by atoms with Crippen LogP contribution in [0.4, 0.5) is 9.52 Å². The van der Waals surface area contributed by atoms with Crippen LogP contribution in [-0.4, -0.2) is 24.6 Å². The minimum Gasteiger partial charge on any atom is -0.469 e. The van der Waals surface area contributed by atoms with Gasteiger partial charge in [0.15, 0.2) is 5.13 Å². The van der Waals surface area contributed by atoms with Crippen LogP contribution in [0.3, 0.4) is 0 Å². The second-order valence-corrected chi connectivity index (χ2v) is 5.21. The number of benzene rings is 1. The number of hydrogen-bond donors (Lipinski definition) is 1. The molecule has 0 aliphatic carbocycles. The molecule has 0 bridgehead atoms. The first-order valence-electron chi connectivity index (χ1n) is 6.13. The molecule has 0 fully saturated rings. The lowest BCUT2D eigenvalue weighted by atomic mass is 10.2. The van der Waals surface area contributed by atoms with Gasteiger partial charge in [0.05, 0.1) is 18.7 Å². The largest absolute Gasteiger partial charge is 0.469 e. The molecule has 20 heavy (non-hydrogen) atoms. The van der Waals surface area contributed by atoms with E-state index in [9.17, 15) is 9.18 Å². The molecule has 0 aliphatic rings. The number of nitrogens with zero attached hydrogens (tertiary/aromatic N) is 1. The summed E-state index contributed by atoms with van der Waals surface area (Å²) in [6, 6.07) is 6.18. The highest BCUT2D eigenvalue weighted by Crippen LogP contribution is 2.25. The zero-order chi connectivity index (χ0) is 14.5. The monoisotopic (exact) mass is 294 g/mol. The van der Waals surface area contributed by atoms with Crippen LogP contribution in [0.5, 0.6) is 0 Å². The maximum atomic E-state index is 12.9. The standard InChI is InChI=1S/C14H15FN2O2S/c1-9(13(18)19-2)7-16-14-17-12(8-20-14)10-3-5-11(15)6-4-10/h3-6,8-9H,7H2,1-2H3,(H,16,17). The van der Waals surface area contributed by atoms with Gasteiger partial charge in [0.1, 0.15) is 5.82 Å². The Hall–Kier alpha value is -1.95. The van der Waals surface area contributed by atoms with Crippen LogP contribution in [-0.2, 0) is 9.53 Å². The molecule has 2 rings (SSSR count). The number of nitrogens with one attached hydrogen (secondary N) is 1. The van der Waals surface area contributed by atoms with E-state index in [0.29, 0.717) is 6.54 Å². The van der Waals surface area contributed by atoms with Gasteiger partial charge in [-0.1, -0.05) is 6.92 Å². The van der Waals surface area contributed by atoms with Gasteiger partial charge in [0.2, 0.25) is 0 Å². The number of ether oxygens (including phenoxy) is 1. The fraction of sp³-hybridized carbons (Fsp3) is 0.286. The highest BCUT2D eigenvalue weighted by Gasteiger charge is 2.13. The lowest BCUT2D eigenvalue weighted by molar-refractivity contribution is -0.144. The number of thiazole rings is 1. The molecular formula is C14H15FN2O2S. The summed E-state index contributed by atoms with van der Waals surface area (Å²) in [6.45, 7) is 2.25. The molecule has 106 valence electrons. The number of halogens is 1. The molecule has 0 amide bonds. The molecular weight excluding hydrogens is 279 g/mol. The van der Waals surface area contributed by atoms with Gasteiger partial charge in [-0.25, -0.2) is 9.37 Å². The predicted octanol–water partition coefficient (Wildman–Crippen LogP) is 3.17. The first kappa shape index (κ1) is 14.5. The average Bonchev–Trinajstić information content (AvgIpc) is 2.93. The third kappa shape index (κ3) is 3.54. The highest BCUT2D eigenvalue weighted by atomic mass is 32.1. The van der Waals surface area contributed by atoms with Crippen molar-refractivity contribution in [2.45, 2.75) is 6.92 Å². The number of aromatic nitrogens is 1. The topological polar surface area (TPSA) is 51.2 Å². The lowest BCUT2D eigenvalue weighted by Gasteiger charge is -2.08. The van der Waals surface area contributed by atoms with Crippen LogP contribution in [0.1, 0.15) is 6.92 Å². The van der Waals surface area contributed by atoms with Gasteiger partial charge in [0.25, 0.3) is 0 Å². The van der Waals surface area contributed by atoms with Crippen LogP contribution in [0.25, 0.3) is 11.3 Å². The average molecular weight is 294 g/mol. The maximum Gasteiger partial charge on any atom is 0.310 e. The summed E-state index contributed by atoms with van der Waals surface area (Å²) in [5.74, 6) is -0.764. The normalized spacial score (nSPS) is 11.9. The quantitative estimate of drug-likeness (QED) is 0.861. The SMILES string of the molecule is COC(=O)C(C)CNc1nc(-c2ccc(F)cc2)cs1. The summed E-state index contributed by atoms with van der Waals surface area (Å²) in [5.41, 5.74) is 1.64. The zero-order valence-corrected chi connectivity index (χ0v) is 12.0. The number of methoxy groups -OCH3 is 1. The molecule has 1 heterocycles. The fourth-order valence-electron chi connectivity index (χ4n) is 1.63. The fourth-order valence-corrected chi connectivity index (χ4v) is 2.36. The van der Waals surface area contributed by atoms with E-state index in [1.807, 2.05) is 5.38 Å². The Morgan fingerprint density at radius 3 is 2.80 bits per heavy atom. The second kappa shape index (κ2) is 6.47. The molecule has 1 aromatic heterocycles. The number of rotatable bonds is 5. The number of esters is 1. The van der Waals surface area contributed by atoms with Gasteiger partial charge in [-0.15, -0.1) is 11.3 Å². The van der Waals surface area contributed by atoms with E-state index >= 15 is 0 Å². The number of carbonyl (C=O) groups is 1. The van der Waals surface area contributed by atoms with Crippen LogP contribution in [0, 0.1) is 11.7 Å². The van der Waals surface area contributed by atoms with Crippen LogP contribution in [0.15, 0.2) is 29.6 Å². The van der Waals surface area contributed by atoms with E-state index in [1.54, 1.807) is 19.1 Å². The van der Waals surface area contributed by atoms with E-state index < -0.39 is 0 Å². The lowest BCUT2D eigenvalue weighted by Crippen LogP contribution is -2.21. The molecule has 1 N–H and O–H groups in total. The molecule has 1 aromatic carbocycles. The Balaban J connectivity index is 1.99. The van der Waals surface area contributed by atoms with E-state index in [0.717, 1.165) is 16.4 Å². The number of hydrogen-bond acceptors (Lipinski definition) is 5. The van der Waals surface area contributed by atoms with E-state index in [1.165, 1.54) is 30.6 Å². The Bertz CT molecular complexity index is 583. The summed E-state index contributed by atoms with van der Waals surface area (Å²) in [4.78, 5) is 15.7. The minimum absolute atomic E-state index is 0.238. The summed E-state index contributed by atoms with van der Waals surface area (Å²) < 4.78 is 17.5. The molecule has 1 atom stereocenters. The van der Waals surface area contributed by atoms with Crippen molar-refractivity contribution in [3.8, 4) is 11.3 Å². The minimum atomic E-state index is -0.269. The molecule has 4 nitrogen and oxygen atoms in total. The summed E-state index contributed by atoms with van der Waals surface area (Å²) in [7, 11) is 1.37. The van der Waals surface area contributed by atoms with Crippen molar-refractivity contribution in [2.24, 2.45) is 5.92 Å². The first-order valence-corrected chi connectivity index (χ1v) is 7.01. The van der Waals surface area contributed by atoms with Crippen LogP contribution < -0.4 is 5.32 Å². The van der Waals surface area contributed by atoms with Gasteiger partial charge >= 0.3 is 5.97 Å². The number of anilines is 1. The zero-order valence-electron chi connectivity index (χ0n) is 11.2. The molecule has 6 heteroatoms. The van der Waals surface area contributed by atoms with Gasteiger partial charge in [-0.2, -0.15) is 0 Å². The molecule has 0 saturated carbocycles. The van der Waals surface area contributed by atoms with Crippen LogP contribution >= 0.6 is 11.3 Å². The van der Waals surface area contributed by atoms with Crippen molar-refractivity contribution in [1.82, 2.24) is 4.98 Å². The molecule has 1 unspecified atom stereocenters. The predicted molar refractivity (Wildman–Crippen MR) is 77.2 cm³/mol. The Kier molecular flexibility index (Phi) is 4.68. The summed E-state index contributed by atoms with van der Waals surface area (Å²) in [6.07, 6.45) is 0. The van der Waals surface area contributed by atoms with Crippen molar-refractivity contribution in [2.75, 3.05) is 19.0 Å². The molecule has 0 radical (unpaired) electrons. The smallest absolute Gasteiger partial charge is 0.310 e. The maximum absolute atomic E-state index is 12.9. The van der Waals surface area contributed by atoms with Crippen molar-refractivity contribution in [1.29, 1.82) is 0 Å². The Labute approximate surface area is 120 Å². The van der Waals surface area contributed by atoms with Gasteiger partial charge < -0.3 is 10.1 Å². The Morgan fingerprint density at radius 1 is 1.45 bits per heavy atom. The van der Waals surface area contributed by atoms with Gasteiger partial charge in [-0.05, 0) is 24.3 Å².